The van der Waals surface area contributed by atoms with E-state index in [1.807, 2.05) is 0 Å². The van der Waals surface area contributed by atoms with Crippen LogP contribution in [0, 0.1) is 11.6 Å². The predicted molar refractivity (Wildman–Crippen MR) is 76.1 cm³/mol. The molecule has 106 valence electrons. The average molecular weight is 364 g/mol. The topological polar surface area (TPSA) is 29.5 Å². The van der Waals surface area contributed by atoms with Crippen LogP contribution >= 0.6 is 27.5 Å². The Bertz CT molecular complexity index is 629. The first-order chi connectivity index (χ1) is 9.45. The first-order valence-electron chi connectivity index (χ1n) is 5.60. The summed E-state index contributed by atoms with van der Waals surface area (Å²) < 4.78 is 33.1. The molecule has 1 unspecified atom stereocenters. The van der Waals surface area contributed by atoms with Gasteiger partial charge in [-0.05, 0) is 40.2 Å². The van der Waals surface area contributed by atoms with Gasteiger partial charge in [0, 0.05) is 10.6 Å². The molecule has 0 saturated carbocycles. The minimum atomic E-state index is -1.53. The molecule has 0 spiro atoms. The van der Waals surface area contributed by atoms with Crippen molar-refractivity contribution in [1.82, 2.24) is 0 Å². The highest BCUT2D eigenvalue weighted by Gasteiger charge is 2.24. The predicted octanol–water partition coefficient (Wildman–Crippen LogP) is 4.47. The molecule has 0 bridgehead atoms. The average Bonchev–Trinajstić information content (AvgIpc) is 2.37. The molecule has 0 radical (unpaired) electrons. The van der Waals surface area contributed by atoms with Crippen molar-refractivity contribution in [1.29, 1.82) is 0 Å². The van der Waals surface area contributed by atoms with E-state index in [0.29, 0.717) is 9.50 Å². The monoisotopic (exact) mass is 362 g/mol. The molecule has 0 aliphatic heterocycles. The zero-order valence-electron chi connectivity index (χ0n) is 10.3. The van der Waals surface area contributed by atoms with Gasteiger partial charge in [-0.25, -0.2) is 8.78 Å². The van der Waals surface area contributed by atoms with Crippen LogP contribution in [0.2, 0.25) is 5.02 Å². The van der Waals surface area contributed by atoms with Crippen LogP contribution in [0.1, 0.15) is 17.2 Å². The molecule has 0 amide bonds. The Kier molecular flexibility index (Phi) is 4.62. The minimum absolute atomic E-state index is 0.177. The second-order valence-corrected chi connectivity index (χ2v) is 5.34. The molecule has 0 aliphatic carbocycles. The normalized spacial score (nSPS) is 12.3. The van der Waals surface area contributed by atoms with Crippen molar-refractivity contribution in [2.45, 2.75) is 6.10 Å². The molecule has 0 heterocycles. The van der Waals surface area contributed by atoms with Gasteiger partial charge in [0.25, 0.3) is 0 Å². The molecule has 0 aromatic heterocycles. The van der Waals surface area contributed by atoms with Gasteiger partial charge in [-0.15, -0.1) is 0 Å². The summed E-state index contributed by atoms with van der Waals surface area (Å²) in [5.41, 5.74) is -0.268. The lowest BCUT2D eigenvalue weighted by Crippen LogP contribution is -2.07. The van der Waals surface area contributed by atoms with Gasteiger partial charge in [0.15, 0.2) is 0 Å². The van der Waals surface area contributed by atoms with E-state index >= 15 is 0 Å². The Morgan fingerprint density at radius 1 is 1.25 bits per heavy atom. The van der Waals surface area contributed by atoms with Gasteiger partial charge in [0.2, 0.25) is 0 Å². The number of ether oxygens (including phenoxy) is 1. The van der Waals surface area contributed by atoms with Crippen molar-refractivity contribution in [3.8, 4) is 5.75 Å². The molecule has 2 aromatic rings. The maximum absolute atomic E-state index is 13.7. The van der Waals surface area contributed by atoms with Crippen LogP contribution < -0.4 is 4.74 Å². The largest absolute Gasteiger partial charge is 0.495 e. The third kappa shape index (κ3) is 2.80. The molecule has 0 fully saturated rings. The molecule has 20 heavy (non-hydrogen) atoms. The first-order valence-corrected chi connectivity index (χ1v) is 6.77. The molecule has 2 rings (SSSR count). The van der Waals surface area contributed by atoms with Gasteiger partial charge in [-0.2, -0.15) is 0 Å². The molecule has 0 saturated heterocycles. The summed E-state index contributed by atoms with van der Waals surface area (Å²) in [4.78, 5) is 0. The summed E-state index contributed by atoms with van der Waals surface area (Å²) >= 11 is 9.13. The van der Waals surface area contributed by atoms with Crippen molar-refractivity contribution in [2.24, 2.45) is 0 Å². The molecular weight excluding hydrogens is 354 g/mol. The van der Waals surface area contributed by atoms with Gasteiger partial charge in [0.1, 0.15) is 23.5 Å². The summed E-state index contributed by atoms with van der Waals surface area (Å²) in [6.07, 6.45) is -1.53. The maximum Gasteiger partial charge on any atom is 0.139 e. The van der Waals surface area contributed by atoms with E-state index in [9.17, 15) is 13.9 Å². The van der Waals surface area contributed by atoms with Crippen LogP contribution in [-0.4, -0.2) is 12.2 Å². The lowest BCUT2D eigenvalue weighted by molar-refractivity contribution is 0.204. The fraction of sp³-hybridized carbons (Fsp3) is 0.143. The van der Waals surface area contributed by atoms with E-state index in [4.69, 9.17) is 16.3 Å². The Balaban J connectivity index is 2.62. The van der Waals surface area contributed by atoms with Crippen molar-refractivity contribution in [3.63, 3.8) is 0 Å². The number of halogens is 4. The van der Waals surface area contributed by atoms with Gasteiger partial charge in [-0.1, -0.05) is 17.7 Å². The molecular formula is C14H10BrClF2O2. The Morgan fingerprint density at radius 3 is 2.40 bits per heavy atom. The van der Waals surface area contributed by atoms with Gasteiger partial charge >= 0.3 is 0 Å². The Labute approximate surface area is 128 Å². The van der Waals surface area contributed by atoms with Crippen molar-refractivity contribution >= 4 is 27.5 Å². The van der Waals surface area contributed by atoms with Crippen LogP contribution in [0.4, 0.5) is 8.78 Å². The number of hydrogen-bond donors (Lipinski definition) is 1. The summed E-state index contributed by atoms with van der Waals surface area (Å²) in [6.45, 7) is 0. The first kappa shape index (κ1) is 15.2. The van der Waals surface area contributed by atoms with Crippen LogP contribution in [0.25, 0.3) is 0 Å². The van der Waals surface area contributed by atoms with E-state index < -0.39 is 23.3 Å². The van der Waals surface area contributed by atoms with E-state index in [1.54, 1.807) is 6.07 Å². The highest BCUT2D eigenvalue weighted by atomic mass is 79.9. The second-order valence-electron chi connectivity index (χ2n) is 4.05. The number of aliphatic hydroxyl groups excluding tert-OH is 1. The molecule has 1 N–H and O–H groups in total. The molecule has 2 nitrogen and oxygen atoms in total. The molecule has 0 aliphatic rings. The number of aliphatic hydroxyl groups is 1. The minimum Gasteiger partial charge on any atom is -0.495 e. The van der Waals surface area contributed by atoms with Gasteiger partial charge in [0.05, 0.1) is 17.1 Å². The zero-order chi connectivity index (χ0) is 14.9. The zero-order valence-corrected chi connectivity index (χ0v) is 12.7. The van der Waals surface area contributed by atoms with Crippen LogP contribution in [-0.2, 0) is 0 Å². The summed E-state index contributed by atoms with van der Waals surface area (Å²) in [6, 6.07) is 6.35. The van der Waals surface area contributed by atoms with E-state index in [-0.39, 0.29) is 11.3 Å². The quantitative estimate of drug-likeness (QED) is 0.872. The highest BCUT2D eigenvalue weighted by molar-refractivity contribution is 9.10. The lowest BCUT2D eigenvalue weighted by Gasteiger charge is -2.18. The SMILES string of the molecule is COc1c(Br)cc(Cl)cc1C(O)c1c(F)cccc1F. The van der Waals surface area contributed by atoms with Crippen LogP contribution in [0.15, 0.2) is 34.8 Å². The van der Waals surface area contributed by atoms with Crippen LogP contribution in [0.3, 0.4) is 0 Å². The number of rotatable bonds is 3. The molecule has 6 heteroatoms. The van der Waals surface area contributed by atoms with Crippen LogP contribution in [0.5, 0.6) is 5.75 Å². The lowest BCUT2D eigenvalue weighted by atomic mass is 9.99. The third-order valence-electron chi connectivity index (χ3n) is 2.81. The summed E-state index contributed by atoms with van der Waals surface area (Å²) in [7, 11) is 1.39. The van der Waals surface area contributed by atoms with Gasteiger partial charge in [-0.3, -0.25) is 0 Å². The second kappa shape index (κ2) is 6.08. The fourth-order valence-corrected chi connectivity index (χ4v) is 2.92. The van der Waals surface area contributed by atoms with E-state index in [0.717, 1.165) is 12.1 Å². The van der Waals surface area contributed by atoms with Gasteiger partial charge < -0.3 is 9.84 Å². The van der Waals surface area contributed by atoms with E-state index in [2.05, 4.69) is 15.9 Å². The molecule has 2 aromatic carbocycles. The summed E-state index contributed by atoms with van der Waals surface area (Å²) in [5, 5.41) is 10.6. The Hall–Kier alpha value is -1.17. The number of methoxy groups -OCH3 is 1. The maximum atomic E-state index is 13.7. The highest BCUT2D eigenvalue weighted by Crippen LogP contribution is 2.39. The summed E-state index contributed by atoms with van der Waals surface area (Å²) in [5.74, 6) is -1.41. The number of hydrogen-bond acceptors (Lipinski definition) is 2. The van der Waals surface area contributed by atoms with Crippen molar-refractivity contribution in [2.75, 3.05) is 7.11 Å². The fourth-order valence-electron chi connectivity index (χ4n) is 1.93. The van der Waals surface area contributed by atoms with E-state index in [1.165, 1.54) is 19.2 Å². The number of benzene rings is 2. The van der Waals surface area contributed by atoms with Crippen molar-refractivity contribution in [3.05, 3.63) is 62.6 Å². The smallest absolute Gasteiger partial charge is 0.139 e. The molecule has 1 atom stereocenters. The van der Waals surface area contributed by atoms with Crippen molar-refractivity contribution < 1.29 is 18.6 Å². The third-order valence-corrected chi connectivity index (χ3v) is 3.62. The standard InChI is InChI=1S/C14H10BrClF2O2/c1-20-14-8(5-7(16)6-9(14)15)13(19)12-10(17)3-2-4-11(12)18/h2-6,13,19H,1H3. The Morgan fingerprint density at radius 2 is 1.85 bits per heavy atom.